The lowest BCUT2D eigenvalue weighted by Gasteiger charge is -2.31. The van der Waals surface area contributed by atoms with Gasteiger partial charge < -0.3 is 15.0 Å². The fraction of sp³-hybridized carbons (Fsp3) is 0.316. The highest BCUT2D eigenvalue weighted by molar-refractivity contribution is 6.31. The molecule has 1 aliphatic heterocycles. The number of rotatable bonds is 4. The van der Waals surface area contributed by atoms with E-state index in [1.54, 1.807) is 25.3 Å². The molecular weight excluding hydrogens is 324 g/mol. The SMILES string of the molecule is COc1ccc(Cl)cc1NC(=O)[C@@H](C)N1c2ccccc2C[C@@H]1C. The molecule has 0 radical (unpaired) electrons. The van der Waals surface area contributed by atoms with Gasteiger partial charge in [0.1, 0.15) is 11.8 Å². The van der Waals surface area contributed by atoms with Crippen molar-refractivity contribution in [2.45, 2.75) is 32.4 Å². The molecule has 24 heavy (non-hydrogen) atoms. The highest BCUT2D eigenvalue weighted by Gasteiger charge is 2.32. The van der Waals surface area contributed by atoms with E-state index in [9.17, 15) is 4.79 Å². The standard InChI is InChI=1S/C19H21ClN2O2/c1-12-10-14-6-4-5-7-17(14)22(12)13(2)19(23)21-16-11-15(20)8-9-18(16)24-3/h4-9,11-13H,10H2,1-3H3,(H,21,23)/t12-,13+/m0/s1. The highest BCUT2D eigenvalue weighted by atomic mass is 35.5. The number of amides is 1. The number of hydrogen-bond donors (Lipinski definition) is 1. The summed E-state index contributed by atoms with van der Waals surface area (Å²) in [7, 11) is 1.57. The van der Waals surface area contributed by atoms with Gasteiger partial charge in [-0.2, -0.15) is 0 Å². The lowest BCUT2D eigenvalue weighted by Crippen LogP contribution is -2.45. The molecule has 1 amide bonds. The van der Waals surface area contributed by atoms with E-state index in [1.807, 2.05) is 19.1 Å². The molecule has 3 rings (SSSR count). The summed E-state index contributed by atoms with van der Waals surface area (Å²) in [5, 5.41) is 3.49. The van der Waals surface area contributed by atoms with Crippen molar-refractivity contribution in [1.82, 2.24) is 0 Å². The van der Waals surface area contributed by atoms with E-state index in [0.717, 1.165) is 12.1 Å². The summed E-state index contributed by atoms with van der Waals surface area (Å²) in [5.41, 5.74) is 3.00. The zero-order valence-corrected chi connectivity index (χ0v) is 14.8. The van der Waals surface area contributed by atoms with Gasteiger partial charge in [-0.25, -0.2) is 0 Å². The zero-order valence-electron chi connectivity index (χ0n) is 14.0. The third-order valence-electron chi connectivity index (χ3n) is 4.48. The van der Waals surface area contributed by atoms with Crippen LogP contribution in [0.25, 0.3) is 0 Å². The van der Waals surface area contributed by atoms with Gasteiger partial charge in [0.15, 0.2) is 0 Å². The van der Waals surface area contributed by atoms with Gasteiger partial charge in [0, 0.05) is 16.8 Å². The number of carbonyl (C=O) groups is 1. The first kappa shape index (κ1) is 16.7. The molecule has 2 aromatic carbocycles. The topological polar surface area (TPSA) is 41.6 Å². The number of nitrogens with one attached hydrogen (secondary N) is 1. The first-order chi connectivity index (χ1) is 11.5. The summed E-state index contributed by atoms with van der Waals surface area (Å²) in [6, 6.07) is 13.4. The molecular formula is C19H21ClN2O2. The molecule has 0 bridgehead atoms. The van der Waals surface area contributed by atoms with Gasteiger partial charge in [-0.15, -0.1) is 0 Å². The van der Waals surface area contributed by atoms with Crippen LogP contribution >= 0.6 is 11.6 Å². The average Bonchev–Trinajstić information content (AvgIpc) is 2.90. The third-order valence-corrected chi connectivity index (χ3v) is 4.71. The zero-order chi connectivity index (χ0) is 17.3. The Morgan fingerprint density at radius 3 is 2.83 bits per heavy atom. The van der Waals surface area contributed by atoms with Crippen molar-refractivity contribution < 1.29 is 9.53 Å². The molecule has 0 saturated carbocycles. The molecule has 2 aromatic rings. The minimum absolute atomic E-state index is 0.0841. The Labute approximate surface area is 147 Å². The normalized spacial score (nSPS) is 17.3. The second-order valence-electron chi connectivity index (χ2n) is 6.10. The highest BCUT2D eigenvalue weighted by Crippen LogP contribution is 2.34. The van der Waals surface area contributed by atoms with Gasteiger partial charge in [-0.1, -0.05) is 29.8 Å². The van der Waals surface area contributed by atoms with E-state index in [-0.39, 0.29) is 18.0 Å². The largest absolute Gasteiger partial charge is 0.495 e. The van der Waals surface area contributed by atoms with Crippen LogP contribution in [0.1, 0.15) is 19.4 Å². The van der Waals surface area contributed by atoms with Crippen molar-refractivity contribution in [2.75, 3.05) is 17.3 Å². The van der Waals surface area contributed by atoms with Crippen LogP contribution < -0.4 is 15.0 Å². The second-order valence-corrected chi connectivity index (χ2v) is 6.54. The monoisotopic (exact) mass is 344 g/mol. The molecule has 126 valence electrons. The summed E-state index contributed by atoms with van der Waals surface area (Å²) < 4.78 is 5.30. The lowest BCUT2D eigenvalue weighted by molar-refractivity contribution is -0.117. The van der Waals surface area contributed by atoms with Crippen LogP contribution in [0, 0.1) is 0 Å². The van der Waals surface area contributed by atoms with Crippen molar-refractivity contribution in [3.63, 3.8) is 0 Å². The quantitative estimate of drug-likeness (QED) is 0.906. The van der Waals surface area contributed by atoms with Crippen LogP contribution in [0.2, 0.25) is 5.02 Å². The second kappa shape index (κ2) is 6.73. The number of para-hydroxylation sites is 1. The van der Waals surface area contributed by atoms with Gasteiger partial charge >= 0.3 is 0 Å². The van der Waals surface area contributed by atoms with Gasteiger partial charge in [-0.05, 0) is 50.1 Å². The fourth-order valence-corrected chi connectivity index (χ4v) is 3.49. The maximum atomic E-state index is 12.8. The van der Waals surface area contributed by atoms with Crippen molar-refractivity contribution >= 4 is 28.9 Å². The number of methoxy groups -OCH3 is 1. The van der Waals surface area contributed by atoms with Gasteiger partial charge in [-0.3, -0.25) is 4.79 Å². The molecule has 1 heterocycles. The molecule has 0 saturated heterocycles. The number of fused-ring (bicyclic) bond motifs is 1. The molecule has 1 aliphatic rings. The number of carbonyl (C=O) groups excluding carboxylic acids is 1. The Bertz CT molecular complexity index is 763. The summed E-state index contributed by atoms with van der Waals surface area (Å²) in [4.78, 5) is 15.0. The minimum atomic E-state index is -0.299. The molecule has 0 aliphatic carbocycles. The van der Waals surface area contributed by atoms with Crippen molar-refractivity contribution in [3.8, 4) is 5.75 Å². The summed E-state index contributed by atoms with van der Waals surface area (Å²) in [5.74, 6) is 0.508. The van der Waals surface area contributed by atoms with E-state index >= 15 is 0 Å². The first-order valence-corrected chi connectivity index (χ1v) is 8.39. The number of hydrogen-bond acceptors (Lipinski definition) is 3. The van der Waals surface area contributed by atoms with Crippen LogP contribution in [0.4, 0.5) is 11.4 Å². The Balaban J connectivity index is 1.82. The van der Waals surface area contributed by atoms with Gasteiger partial charge in [0.05, 0.1) is 12.8 Å². The Morgan fingerprint density at radius 1 is 1.33 bits per heavy atom. The number of halogens is 1. The predicted octanol–water partition coefficient (Wildman–Crippen LogP) is 4.13. The molecule has 1 N–H and O–H groups in total. The molecule has 0 fully saturated rings. The molecule has 0 spiro atoms. The van der Waals surface area contributed by atoms with E-state index in [4.69, 9.17) is 16.3 Å². The molecule has 2 atom stereocenters. The van der Waals surface area contributed by atoms with E-state index in [1.165, 1.54) is 5.56 Å². The van der Waals surface area contributed by atoms with Crippen molar-refractivity contribution in [2.24, 2.45) is 0 Å². The first-order valence-electron chi connectivity index (χ1n) is 8.02. The Morgan fingerprint density at radius 2 is 2.08 bits per heavy atom. The summed E-state index contributed by atoms with van der Waals surface area (Å²) >= 11 is 6.04. The molecule has 0 unspecified atom stereocenters. The van der Waals surface area contributed by atoms with Crippen molar-refractivity contribution in [3.05, 3.63) is 53.1 Å². The van der Waals surface area contributed by atoms with E-state index in [0.29, 0.717) is 16.5 Å². The average molecular weight is 345 g/mol. The van der Waals surface area contributed by atoms with Gasteiger partial charge in [0.2, 0.25) is 5.91 Å². The Kier molecular flexibility index (Phi) is 4.67. The Hall–Kier alpha value is -2.20. The van der Waals surface area contributed by atoms with Gasteiger partial charge in [0.25, 0.3) is 0 Å². The van der Waals surface area contributed by atoms with E-state index < -0.39 is 0 Å². The van der Waals surface area contributed by atoms with Crippen LogP contribution in [0.5, 0.6) is 5.75 Å². The predicted molar refractivity (Wildman–Crippen MR) is 98.2 cm³/mol. The number of anilines is 2. The smallest absolute Gasteiger partial charge is 0.246 e. The van der Waals surface area contributed by atoms with Crippen LogP contribution in [0.3, 0.4) is 0 Å². The number of nitrogens with zero attached hydrogens (tertiary/aromatic N) is 1. The van der Waals surface area contributed by atoms with Crippen LogP contribution in [0.15, 0.2) is 42.5 Å². The molecule has 4 nitrogen and oxygen atoms in total. The summed E-state index contributed by atoms with van der Waals surface area (Å²) in [6.07, 6.45) is 0.953. The number of ether oxygens (including phenoxy) is 1. The van der Waals surface area contributed by atoms with Crippen LogP contribution in [-0.2, 0) is 11.2 Å². The maximum Gasteiger partial charge on any atom is 0.246 e. The fourth-order valence-electron chi connectivity index (χ4n) is 3.32. The van der Waals surface area contributed by atoms with Crippen molar-refractivity contribution in [1.29, 1.82) is 0 Å². The van der Waals surface area contributed by atoms with E-state index in [2.05, 4.69) is 29.3 Å². The molecule has 0 aromatic heterocycles. The molecule has 5 heteroatoms. The maximum absolute atomic E-state index is 12.8. The number of benzene rings is 2. The van der Waals surface area contributed by atoms with Crippen LogP contribution in [-0.4, -0.2) is 25.1 Å². The summed E-state index contributed by atoms with van der Waals surface area (Å²) in [6.45, 7) is 4.06. The lowest BCUT2D eigenvalue weighted by atomic mass is 10.1. The third kappa shape index (κ3) is 3.06. The minimum Gasteiger partial charge on any atom is -0.495 e.